The van der Waals surface area contributed by atoms with Crippen molar-refractivity contribution in [2.45, 2.75) is 45.6 Å². The average molecular weight is 432 g/mol. The summed E-state index contributed by atoms with van der Waals surface area (Å²) in [5.74, 6) is 2.06. The first-order valence-electron chi connectivity index (χ1n) is 10.9. The molecule has 3 aromatic rings. The Morgan fingerprint density at radius 1 is 1.29 bits per heavy atom. The molecule has 0 N–H and O–H groups in total. The highest BCUT2D eigenvalue weighted by Gasteiger charge is 2.29. The lowest BCUT2D eigenvalue weighted by Gasteiger charge is -2.33. The van der Waals surface area contributed by atoms with Gasteiger partial charge in [-0.2, -0.15) is 5.26 Å². The van der Waals surface area contributed by atoms with E-state index in [2.05, 4.69) is 35.5 Å². The van der Waals surface area contributed by atoms with Gasteiger partial charge in [-0.25, -0.2) is 4.98 Å². The van der Waals surface area contributed by atoms with Crippen LogP contribution in [0.1, 0.15) is 50.3 Å². The summed E-state index contributed by atoms with van der Waals surface area (Å²) in [5, 5.41) is 12.3. The molecular weight excluding hydrogens is 406 g/mol. The largest absolute Gasteiger partial charge is 0.493 e. The van der Waals surface area contributed by atoms with Gasteiger partial charge in [-0.15, -0.1) is 11.3 Å². The van der Waals surface area contributed by atoms with Crippen LogP contribution >= 0.6 is 11.3 Å². The molecule has 2 aromatic heterocycles. The topological polar surface area (TPSA) is 67.9 Å². The minimum absolute atomic E-state index is 0.181. The molecule has 0 spiro atoms. The summed E-state index contributed by atoms with van der Waals surface area (Å²) in [6, 6.07) is 8.12. The summed E-state index contributed by atoms with van der Waals surface area (Å²) < 4.78 is 8.39. The molecular formula is C25H25N3O2S. The molecule has 1 fully saturated rings. The zero-order valence-corrected chi connectivity index (χ0v) is 18.6. The molecule has 1 aliphatic heterocycles. The third kappa shape index (κ3) is 3.79. The fraction of sp³-hybridized carbons (Fsp3) is 0.400. The van der Waals surface area contributed by atoms with Crippen LogP contribution in [0.25, 0.3) is 21.8 Å². The Labute approximate surface area is 186 Å². The van der Waals surface area contributed by atoms with Gasteiger partial charge in [0.05, 0.1) is 17.9 Å². The fourth-order valence-electron chi connectivity index (χ4n) is 4.42. The Bertz CT molecular complexity index is 1220. The van der Waals surface area contributed by atoms with Gasteiger partial charge in [-0.05, 0) is 42.4 Å². The van der Waals surface area contributed by atoms with Crippen molar-refractivity contribution in [3.05, 3.63) is 57.3 Å². The Hall–Kier alpha value is -2.91. The van der Waals surface area contributed by atoms with Crippen molar-refractivity contribution in [3.8, 4) is 33.6 Å². The molecule has 0 bridgehead atoms. The molecule has 158 valence electrons. The summed E-state index contributed by atoms with van der Waals surface area (Å²) in [6.07, 6.45) is 8.11. The van der Waals surface area contributed by atoms with Gasteiger partial charge < -0.3 is 9.30 Å². The van der Waals surface area contributed by atoms with E-state index in [1.165, 1.54) is 18.4 Å². The van der Waals surface area contributed by atoms with E-state index in [0.717, 1.165) is 52.9 Å². The predicted octanol–water partition coefficient (Wildman–Crippen LogP) is 5.44. The maximum Gasteiger partial charge on any atom is 0.199 e. The number of benzene rings is 1. The number of aromatic nitrogens is 2. The Balaban J connectivity index is 1.65. The van der Waals surface area contributed by atoms with Gasteiger partial charge in [0, 0.05) is 35.4 Å². The molecule has 1 atom stereocenters. The number of fused-ring (bicyclic) bond motifs is 3. The molecule has 3 heterocycles. The van der Waals surface area contributed by atoms with Crippen LogP contribution in [0.3, 0.4) is 0 Å². The number of nitriles is 1. The van der Waals surface area contributed by atoms with Crippen LogP contribution < -0.4 is 10.2 Å². The monoisotopic (exact) mass is 431 g/mol. The van der Waals surface area contributed by atoms with Crippen molar-refractivity contribution in [2.24, 2.45) is 11.8 Å². The summed E-state index contributed by atoms with van der Waals surface area (Å²) in [4.78, 5) is 17.1. The molecule has 0 amide bonds. The second-order valence-electron chi connectivity index (χ2n) is 8.89. The van der Waals surface area contributed by atoms with Crippen LogP contribution in [-0.2, 0) is 6.42 Å². The summed E-state index contributed by atoms with van der Waals surface area (Å²) in [7, 11) is 0. The zero-order chi connectivity index (χ0) is 21.5. The quantitative estimate of drug-likeness (QED) is 0.521. The van der Waals surface area contributed by atoms with Gasteiger partial charge in [0.2, 0.25) is 0 Å². The van der Waals surface area contributed by atoms with Crippen LogP contribution in [0.4, 0.5) is 0 Å². The number of hydrogen-bond donors (Lipinski definition) is 0. The molecule has 5 nitrogen and oxygen atoms in total. The molecule has 31 heavy (non-hydrogen) atoms. The SMILES string of the molecule is CC(C)C1Cc2cc(OCCC3CC3)c(-c3nccs3)cc2-c2cc(=O)c(C#N)cn21. The Kier molecular flexibility index (Phi) is 5.15. The maximum atomic E-state index is 12.5. The molecule has 5 rings (SSSR count). The van der Waals surface area contributed by atoms with E-state index >= 15 is 0 Å². The summed E-state index contributed by atoms with van der Waals surface area (Å²) in [5.41, 5.74) is 4.01. The van der Waals surface area contributed by atoms with Crippen LogP contribution in [-0.4, -0.2) is 16.2 Å². The predicted molar refractivity (Wildman–Crippen MR) is 122 cm³/mol. The van der Waals surface area contributed by atoms with Gasteiger partial charge >= 0.3 is 0 Å². The van der Waals surface area contributed by atoms with Crippen LogP contribution in [0.2, 0.25) is 0 Å². The zero-order valence-electron chi connectivity index (χ0n) is 17.8. The normalized spacial score (nSPS) is 17.2. The number of hydrogen-bond acceptors (Lipinski definition) is 5. The van der Waals surface area contributed by atoms with Crippen molar-refractivity contribution in [1.82, 2.24) is 9.55 Å². The first kappa shape index (κ1) is 20.0. The smallest absolute Gasteiger partial charge is 0.199 e. The van der Waals surface area contributed by atoms with E-state index in [9.17, 15) is 10.1 Å². The molecule has 1 unspecified atom stereocenters. The van der Waals surface area contributed by atoms with E-state index < -0.39 is 0 Å². The minimum atomic E-state index is -0.232. The van der Waals surface area contributed by atoms with E-state index in [0.29, 0.717) is 5.92 Å². The maximum absolute atomic E-state index is 12.5. The molecule has 2 aliphatic rings. The van der Waals surface area contributed by atoms with Crippen molar-refractivity contribution in [3.63, 3.8) is 0 Å². The highest BCUT2D eigenvalue weighted by Crippen LogP contribution is 2.43. The lowest BCUT2D eigenvalue weighted by Crippen LogP contribution is -2.26. The highest BCUT2D eigenvalue weighted by molar-refractivity contribution is 7.13. The molecule has 0 saturated heterocycles. The molecule has 1 aliphatic carbocycles. The summed E-state index contributed by atoms with van der Waals surface area (Å²) >= 11 is 1.59. The van der Waals surface area contributed by atoms with Crippen molar-refractivity contribution in [1.29, 1.82) is 5.26 Å². The standard InChI is InChI=1S/C25H25N3O2S/c1-15(2)21-9-17-10-24(30-7-5-16-3-4-16)20(25-27-6-8-31-25)11-19(17)22-12-23(29)18(13-26)14-28(21)22/h6,8,10-12,14-16,21H,3-5,7,9H2,1-2H3. The van der Waals surface area contributed by atoms with Gasteiger partial charge in [0.1, 0.15) is 22.4 Å². The van der Waals surface area contributed by atoms with Gasteiger partial charge in [0.25, 0.3) is 0 Å². The number of pyridine rings is 1. The van der Waals surface area contributed by atoms with Gasteiger partial charge in [-0.1, -0.05) is 26.7 Å². The number of ether oxygens (including phenoxy) is 1. The van der Waals surface area contributed by atoms with E-state index in [-0.39, 0.29) is 17.0 Å². The Morgan fingerprint density at radius 3 is 2.81 bits per heavy atom. The molecule has 0 radical (unpaired) electrons. The minimum Gasteiger partial charge on any atom is -0.493 e. The van der Waals surface area contributed by atoms with Crippen LogP contribution in [0.5, 0.6) is 5.75 Å². The Morgan fingerprint density at radius 2 is 2.13 bits per heavy atom. The summed E-state index contributed by atoms with van der Waals surface area (Å²) in [6.45, 7) is 5.08. The number of nitrogens with zero attached hydrogens (tertiary/aromatic N) is 3. The lowest BCUT2D eigenvalue weighted by atomic mass is 9.86. The molecule has 6 heteroatoms. The second kappa shape index (κ2) is 7.97. The molecule has 1 saturated carbocycles. The number of rotatable bonds is 6. The lowest BCUT2D eigenvalue weighted by molar-refractivity contribution is 0.302. The fourth-order valence-corrected chi connectivity index (χ4v) is 5.08. The van der Waals surface area contributed by atoms with Crippen LogP contribution in [0.15, 0.2) is 40.8 Å². The third-order valence-corrected chi connectivity index (χ3v) is 7.19. The highest BCUT2D eigenvalue weighted by atomic mass is 32.1. The molecule has 1 aromatic carbocycles. The van der Waals surface area contributed by atoms with Crippen molar-refractivity contribution in [2.75, 3.05) is 6.61 Å². The van der Waals surface area contributed by atoms with E-state index in [4.69, 9.17) is 4.74 Å². The van der Waals surface area contributed by atoms with E-state index in [1.807, 2.05) is 11.4 Å². The van der Waals surface area contributed by atoms with Crippen LogP contribution in [0, 0.1) is 23.2 Å². The van der Waals surface area contributed by atoms with Crippen molar-refractivity contribution >= 4 is 11.3 Å². The second-order valence-corrected chi connectivity index (χ2v) is 9.79. The van der Waals surface area contributed by atoms with E-state index in [1.54, 1.807) is 29.8 Å². The van der Waals surface area contributed by atoms with Gasteiger partial charge in [-0.3, -0.25) is 4.79 Å². The number of thiazole rings is 1. The first-order valence-corrected chi connectivity index (χ1v) is 11.8. The van der Waals surface area contributed by atoms with Gasteiger partial charge in [0.15, 0.2) is 5.43 Å². The van der Waals surface area contributed by atoms with Crippen molar-refractivity contribution < 1.29 is 4.74 Å². The first-order chi connectivity index (χ1) is 15.0. The third-order valence-electron chi connectivity index (χ3n) is 6.38. The average Bonchev–Trinajstić information content (AvgIpc) is 3.42.